The Morgan fingerprint density at radius 2 is 1.95 bits per heavy atom. The Kier molecular flexibility index (Phi) is 4.87. The van der Waals surface area contributed by atoms with Crippen molar-refractivity contribution in [1.82, 2.24) is 10.3 Å². The molecule has 20 heavy (non-hydrogen) atoms. The molecule has 0 saturated heterocycles. The number of carbonyl (C=O) groups excluding carboxylic acids is 1. The minimum absolute atomic E-state index is 0.0451. The maximum absolute atomic E-state index is 12.1. The smallest absolute Gasteiger partial charge is 0.241 e. The van der Waals surface area contributed by atoms with Crippen LogP contribution in [0, 0.1) is 6.92 Å². The monoisotopic (exact) mass is 289 g/mol. The number of hydrogen-bond acceptors (Lipinski definition) is 4. The number of anilines is 1. The Morgan fingerprint density at radius 1 is 1.25 bits per heavy atom. The highest BCUT2D eigenvalue weighted by atomic mass is 32.1. The number of thiazole rings is 1. The molecule has 0 aliphatic carbocycles. The minimum Gasteiger partial charge on any atom is -0.325 e. The van der Waals surface area contributed by atoms with Crippen molar-refractivity contribution >= 4 is 22.9 Å². The van der Waals surface area contributed by atoms with Gasteiger partial charge in [0.05, 0.1) is 12.1 Å². The van der Waals surface area contributed by atoms with Gasteiger partial charge in [-0.25, -0.2) is 4.98 Å². The molecule has 5 heteroatoms. The van der Waals surface area contributed by atoms with Crippen LogP contribution >= 0.6 is 11.3 Å². The van der Waals surface area contributed by atoms with Gasteiger partial charge in [0.2, 0.25) is 5.91 Å². The summed E-state index contributed by atoms with van der Waals surface area (Å²) < 4.78 is 0. The predicted octanol–water partition coefficient (Wildman–Crippen LogP) is 3.13. The van der Waals surface area contributed by atoms with Gasteiger partial charge in [-0.2, -0.15) is 0 Å². The second-order valence-electron chi connectivity index (χ2n) is 4.77. The van der Waals surface area contributed by atoms with Crippen LogP contribution in [0.25, 0.3) is 0 Å². The summed E-state index contributed by atoms with van der Waals surface area (Å²) in [5.41, 5.74) is 0.809. The van der Waals surface area contributed by atoms with Crippen molar-refractivity contribution in [2.75, 3.05) is 5.32 Å². The summed E-state index contributed by atoms with van der Waals surface area (Å²) in [7, 11) is 0. The summed E-state index contributed by atoms with van der Waals surface area (Å²) in [6.45, 7) is 5.90. The third kappa shape index (κ3) is 3.88. The summed E-state index contributed by atoms with van der Waals surface area (Å²) in [6.07, 6.45) is 1.85. The second kappa shape index (κ2) is 6.63. The lowest BCUT2D eigenvalue weighted by Gasteiger charge is -2.18. The standard InChI is InChI=1S/C15H19N3OS/c1-10-9-16-15(20-10)12(3)17-11(2)14(19)18-13-7-5-4-6-8-13/h4-9,11-12,17H,1-3H3,(H,18,19). The highest BCUT2D eigenvalue weighted by molar-refractivity contribution is 7.11. The lowest BCUT2D eigenvalue weighted by atomic mass is 10.2. The van der Waals surface area contributed by atoms with E-state index in [1.165, 1.54) is 4.88 Å². The van der Waals surface area contributed by atoms with Gasteiger partial charge in [0.25, 0.3) is 0 Å². The maximum Gasteiger partial charge on any atom is 0.241 e. The first-order chi connectivity index (χ1) is 9.56. The molecule has 0 radical (unpaired) electrons. The Labute approximate surface area is 123 Å². The van der Waals surface area contributed by atoms with Gasteiger partial charge in [-0.05, 0) is 32.9 Å². The first-order valence-electron chi connectivity index (χ1n) is 6.60. The van der Waals surface area contributed by atoms with Crippen molar-refractivity contribution < 1.29 is 4.79 Å². The molecular formula is C15H19N3OS. The zero-order chi connectivity index (χ0) is 14.5. The number of amides is 1. The van der Waals surface area contributed by atoms with Crippen LogP contribution in [0.15, 0.2) is 36.5 Å². The average Bonchev–Trinajstić information content (AvgIpc) is 2.86. The van der Waals surface area contributed by atoms with Gasteiger partial charge in [-0.3, -0.25) is 10.1 Å². The molecule has 1 amide bonds. The summed E-state index contributed by atoms with van der Waals surface area (Å²) >= 11 is 1.65. The molecule has 0 aliphatic heterocycles. The topological polar surface area (TPSA) is 54.0 Å². The Hall–Kier alpha value is -1.72. The molecule has 4 nitrogen and oxygen atoms in total. The van der Waals surface area contributed by atoms with Crippen LogP contribution in [0.4, 0.5) is 5.69 Å². The van der Waals surface area contributed by atoms with Crippen molar-refractivity contribution in [2.45, 2.75) is 32.9 Å². The molecule has 2 unspecified atom stereocenters. The van der Waals surface area contributed by atoms with Crippen LogP contribution in [-0.4, -0.2) is 16.9 Å². The van der Waals surface area contributed by atoms with E-state index in [1.807, 2.05) is 57.3 Å². The summed E-state index contributed by atoms with van der Waals surface area (Å²) in [6, 6.07) is 9.24. The average molecular weight is 289 g/mol. The summed E-state index contributed by atoms with van der Waals surface area (Å²) in [5, 5.41) is 7.15. The van der Waals surface area contributed by atoms with Crippen LogP contribution in [0.1, 0.15) is 29.8 Å². The molecule has 1 heterocycles. The van der Waals surface area contributed by atoms with E-state index in [4.69, 9.17) is 0 Å². The molecule has 0 aliphatic rings. The maximum atomic E-state index is 12.1. The fourth-order valence-corrected chi connectivity index (χ4v) is 2.65. The molecule has 0 fully saturated rings. The zero-order valence-electron chi connectivity index (χ0n) is 11.9. The zero-order valence-corrected chi connectivity index (χ0v) is 12.7. The van der Waals surface area contributed by atoms with Crippen LogP contribution in [0.3, 0.4) is 0 Å². The van der Waals surface area contributed by atoms with Gasteiger partial charge in [-0.15, -0.1) is 11.3 Å². The van der Waals surface area contributed by atoms with Crippen molar-refractivity contribution in [1.29, 1.82) is 0 Å². The number of carbonyl (C=O) groups is 1. The van der Waals surface area contributed by atoms with E-state index in [0.29, 0.717) is 0 Å². The van der Waals surface area contributed by atoms with Crippen molar-refractivity contribution in [3.8, 4) is 0 Å². The molecule has 2 aromatic rings. The Bertz CT molecular complexity index is 568. The lowest BCUT2D eigenvalue weighted by Crippen LogP contribution is -2.39. The fraction of sp³-hybridized carbons (Fsp3) is 0.333. The van der Waals surface area contributed by atoms with Gasteiger partial charge >= 0.3 is 0 Å². The molecule has 0 bridgehead atoms. The normalized spacial score (nSPS) is 13.8. The van der Waals surface area contributed by atoms with Gasteiger partial charge < -0.3 is 5.32 Å². The SMILES string of the molecule is Cc1cnc(C(C)NC(C)C(=O)Nc2ccccc2)s1. The van der Waals surface area contributed by atoms with E-state index in [2.05, 4.69) is 15.6 Å². The minimum atomic E-state index is -0.283. The summed E-state index contributed by atoms with van der Waals surface area (Å²) in [4.78, 5) is 17.6. The molecule has 0 spiro atoms. The van der Waals surface area contributed by atoms with Gasteiger partial charge in [0.15, 0.2) is 0 Å². The highest BCUT2D eigenvalue weighted by Gasteiger charge is 2.17. The third-order valence-electron chi connectivity index (χ3n) is 2.94. The van der Waals surface area contributed by atoms with E-state index in [1.54, 1.807) is 11.3 Å². The largest absolute Gasteiger partial charge is 0.325 e. The van der Waals surface area contributed by atoms with E-state index in [-0.39, 0.29) is 18.0 Å². The number of aromatic nitrogens is 1. The molecule has 1 aromatic carbocycles. The number of nitrogens with zero attached hydrogens (tertiary/aromatic N) is 1. The van der Waals surface area contributed by atoms with Gasteiger partial charge in [0.1, 0.15) is 5.01 Å². The number of hydrogen-bond donors (Lipinski definition) is 2. The van der Waals surface area contributed by atoms with Crippen molar-refractivity contribution in [3.05, 3.63) is 46.4 Å². The molecule has 2 N–H and O–H groups in total. The van der Waals surface area contributed by atoms with Crippen molar-refractivity contribution in [3.63, 3.8) is 0 Å². The molecule has 2 atom stereocenters. The second-order valence-corrected chi connectivity index (χ2v) is 6.04. The van der Waals surface area contributed by atoms with E-state index < -0.39 is 0 Å². The van der Waals surface area contributed by atoms with E-state index in [0.717, 1.165) is 10.7 Å². The quantitative estimate of drug-likeness (QED) is 0.889. The van der Waals surface area contributed by atoms with Crippen LogP contribution in [0.5, 0.6) is 0 Å². The first-order valence-corrected chi connectivity index (χ1v) is 7.42. The molecule has 1 aromatic heterocycles. The van der Waals surface area contributed by atoms with Crippen LogP contribution in [-0.2, 0) is 4.79 Å². The third-order valence-corrected chi connectivity index (χ3v) is 4.04. The first kappa shape index (κ1) is 14.7. The number of aryl methyl sites for hydroxylation is 1. The lowest BCUT2D eigenvalue weighted by molar-refractivity contribution is -0.117. The van der Waals surface area contributed by atoms with Crippen LogP contribution in [0.2, 0.25) is 0 Å². The van der Waals surface area contributed by atoms with E-state index >= 15 is 0 Å². The fourth-order valence-electron chi connectivity index (χ4n) is 1.87. The number of rotatable bonds is 5. The highest BCUT2D eigenvalue weighted by Crippen LogP contribution is 2.19. The number of benzene rings is 1. The molecule has 106 valence electrons. The molecule has 0 saturated carbocycles. The number of nitrogens with one attached hydrogen (secondary N) is 2. The predicted molar refractivity (Wildman–Crippen MR) is 82.9 cm³/mol. The van der Waals surface area contributed by atoms with Crippen LogP contribution < -0.4 is 10.6 Å². The number of para-hydroxylation sites is 1. The Morgan fingerprint density at radius 3 is 2.55 bits per heavy atom. The Balaban J connectivity index is 1.91. The van der Waals surface area contributed by atoms with E-state index in [9.17, 15) is 4.79 Å². The van der Waals surface area contributed by atoms with Gasteiger partial charge in [-0.1, -0.05) is 18.2 Å². The molecule has 2 rings (SSSR count). The summed E-state index contributed by atoms with van der Waals surface area (Å²) in [5.74, 6) is -0.0451. The van der Waals surface area contributed by atoms with Gasteiger partial charge in [0, 0.05) is 16.8 Å². The van der Waals surface area contributed by atoms with Crippen molar-refractivity contribution in [2.24, 2.45) is 0 Å². The molecular weight excluding hydrogens is 270 g/mol.